The van der Waals surface area contributed by atoms with Crippen LogP contribution in [-0.4, -0.2) is 49.9 Å². The number of hydrogen-bond acceptors (Lipinski definition) is 5. The van der Waals surface area contributed by atoms with Crippen LogP contribution < -0.4 is 4.90 Å². The summed E-state index contributed by atoms with van der Waals surface area (Å²) in [6.45, 7) is 8.43. The third-order valence-electron chi connectivity index (χ3n) is 3.70. The first-order chi connectivity index (χ1) is 11.3. The van der Waals surface area contributed by atoms with Gasteiger partial charge in [-0.15, -0.1) is 12.6 Å². The highest BCUT2D eigenvalue weighted by atomic mass is 32.1. The van der Waals surface area contributed by atoms with E-state index < -0.39 is 5.60 Å². The lowest BCUT2D eigenvalue weighted by molar-refractivity contribution is 0.0240. The Morgan fingerprint density at radius 1 is 1.21 bits per heavy atom. The molecule has 1 aliphatic rings. The summed E-state index contributed by atoms with van der Waals surface area (Å²) >= 11 is 4.54. The van der Waals surface area contributed by atoms with Gasteiger partial charge in [0.1, 0.15) is 5.60 Å². The molecule has 1 amide bonds. The second kappa shape index (κ2) is 7.83. The van der Waals surface area contributed by atoms with Crippen molar-refractivity contribution >= 4 is 30.5 Å². The number of benzene rings is 1. The molecule has 0 bridgehead atoms. The molecule has 0 unspecified atom stereocenters. The van der Waals surface area contributed by atoms with Crippen molar-refractivity contribution in [2.24, 2.45) is 0 Å². The first kappa shape index (κ1) is 18.5. The van der Waals surface area contributed by atoms with Crippen molar-refractivity contribution in [2.75, 3.05) is 38.2 Å². The van der Waals surface area contributed by atoms with E-state index in [4.69, 9.17) is 9.47 Å². The first-order valence-corrected chi connectivity index (χ1v) is 8.51. The maximum Gasteiger partial charge on any atom is 0.410 e. The fourth-order valence-electron chi connectivity index (χ4n) is 2.58. The standard InChI is InChI=1S/C18H26N2O3S/c1-18(2,3)23-17(21)20-11-9-19(10-12-20)15-6-5-7-16(24)14(15)8-13-22-4/h5-8,13,24H,9-12H2,1-4H3. The number of ether oxygens (including phenoxy) is 2. The molecule has 0 aliphatic carbocycles. The molecular weight excluding hydrogens is 324 g/mol. The summed E-state index contributed by atoms with van der Waals surface area (Å²) in [7, 11) is 1.62. The van der Waals surface area contributed by atoms with Crippen LogP contribution in [0.15, 0.2) is 29.4 Å². The average molecular weight is 350 g/mol. The van der Waals surface area contributed by atoms with Crippen LogP contribution in [0.1, 0.15) is 26.3 Å². The molecule has 5 nitrogen and oxygen atoms in total. The average Bonchev–Trinajstić information content (AvgIpc) is 2.52. The molecule has 0 radical (unpaired) electrons. The largest absolute Gasteiger partial charge is 0.504 e. The highest BCUT2D eigenvalue weighted by Gasteiger charge is 2.26. The summed E-state index contributed by atoms with van der Waals surface area (Å²) in [6.07, 6.45) is 3.32. The lowest BCUT2D eigenvalue weighted by atomic mass is 10.1. The molecule has 1 saturated heterocycles. The van der Waals surface area contributed by atoms with Crippen LogP contribution in [0.4, 0.5) is 10.5 Å². The Kier molecular flexibility index (Phi) is 6.04. The molecule has 0 spiro atoms. The number of rotatable bonds is 3. The number of nitrogens with zero attached hydrogens (tertiary/aromatic N) is 2. The van der Waals surface area contributed by atoms with Crippen molar-refractivity contribution < 1.29 is 14.3 Å². The van der Waals surface area contributed by atoms with Gasteiger partial charge in [0.05, 0.1) is 13.4 Å². The smallest absolute Gasteiger partial charge is 0.410 e. The molecule has 24 heavy (non-hydrogen) atoms. The number of thiol groups is 1. The van der Waals surface area contributed by atoms with Gasteiger partial charge in [0.25, 0.3) is 0 Å². The van der Waals surface area contributed by atoms with Gasteiger partial charge in [-0.25, -0.2) is 4.79 Å². The molecule has 1 heterocycles. The molecule has 132 valence electrons. The summed E-state index contributed by atoms with van der Waals surface area (Å²) in [4.78, 5) is 17.1. The van der Waals surface area contributed by atoms with Crippen molar-refractivity contribution in [3.63, 3.8) is 0 Å². The number of amides is 1. The Hall–Kier alpha value is -1.82. The summed E-state index contributed by atoms with van der Waals surface area (Å²) in [5, 5.41) is 0. The quantitative estimate of drug-likeness (QED) is 0.667. The van der Waals surface area contributed by atoms with Gasteiger partial charge in [0.2, 0.25) is 0 Å². The zero-order valence-corrected chi connectivity index (χ0v) is 15.7. The van der Waals surface area contributed by atoms with Crippen LogP contribution in [0.5, 0.6) is 0 Å². The number of carbonyl (C=O) groups excluding carboxylic acids is 1. The van der Waals surface area contributed by atoms with Gasteiger partial charge >= 0.3 is 6.09 Å². The zero-order valence-electron chi connectivity index (χ0n) is 14.8. The molecule has 0 N–H and O–H groups in total. The van der Waals surface area contributed by atoms with E-state index in [1.165, 1.54) is 0 Å². The number of hydrogen-bond donors (Lipinski definition) is 1. The SMILES string of the molecule is COC=Cc1c(S)cccc1N1CCN(C(=O)OC(C)(C)C)CC1. The fraction of sp³-hybridized carbons (Fsp3) is 0.500. The molecule has 6 heteroatoms. The minimum Gasteiger partial charge on any atom is -0.504 e. The maximum absolute atomic E-state index is 12.2. The van der Waals surface area contributed by atoms with E-state index in [2.05, 4.69) is 23.6 Å². The maximum atomic E-state index is 12.2. The van der Waals surface area contributed by atoms with Gasteiger partial charge in [0, 0.05) is 42.3 Å². The normalized spacial score (nSPS) is 15.7. The summed E-state index contributed by atoms with van der Waals surface area (Å²) in [5.41, 5.74) is 1.65. The van der Waals surface area contributed by atoms with Crippen LogP contribution in [0.2, 0.25) is 0 Å². The van der Waals surface area contributed by atoms with Crippen LogP contribution in [0.25, 0.3) is 6.08 Å². The van der Waals surface area contributed by atoms with Gasteiger partial charge in [-0.05, 0) is 39.0 Å². The van der Waals surface area contributed by atoms with Gasteiger partial charge < -0.3 is 19.3 Å². The van der Waals surface area contributed by atoms with E-state index in [0.717, 1.165) is 29.2 Å². The summed E-state index contributed by atoms with van der Waals surface area (Å²) in [5.74, 6) is 0. The highest BCUT2D eigenvalue weighted by molar-refractivity contribution is 7.80. The fourth-order valence-corrected chi connectivity index (χ4v) is 2.86. The van der Waals surface area contributed by atoms with E-state index in [1.807, 2.05) is 39.0 Å². The monoisotopic (exact) mass is 350 g/mol. The molecular formula is C18H26N2O3S. The third-order valence-corrected chi connectivity index (χ3v) is 4.09. The van der Waals surface area contributed by atoms with Crippen molar-refractivity contribution in [2.45, 2.75) is 31.3 Å². The van der Waals surface area contributed by atoms with Crippen molar-refractivity contribution in [3.05, 3.63) is 30.0 Å². The third kappa shape index (κ3) is 4.84. The predicted molar refractivity (Wildman–Crippen MR) is 99.8 cm³/mol. The Bertz CT molecular complexity index is 603. The van der Waals surface area contributed by atoms with E-state index in [0.29, 0.717) is 13.1 Å². The van der Waals surface area contributed by atoms with Crippen LogP contribution in [0.3, 0.4) is 0 Å². The van der Waals surface area contributed by atoms with Gasteiger partial charge in [0.15, 0.2) is 0 Å². The van der Waals surface area contributed by atoms with Gasteiger partial charge in [-0.2, -0.15) is 0 Å². The number of carbonyl (C=O) groups is 1. The molecule has 0 saturated carbocycles. The second-order valence-electron chi connectivity index (χ2n) is 6.70. The summed E-state index contributed by atoms with van der Waals surface area (Å²) in [6, 6.07) is 6.01. The second-order valence-corrected chi connectivity index (χ2v) is 7.18. The van der Waals surface area contributed by atoms with E-state index in [1.54, 1.807) is 18.3 Å². The Balaban J connectivity index is 2.06. The van der Waals surface area contributed by atoms with E-state index in [9.17, 15) is 4.79 Å². The summed E-state index contributed by atoms with van der Waals surface area (Å²) < 4.78 is 10.5. The molecule has 1 aromatic rings. The number of methoxy groups -OCH3 is 1. The molecule has 2 rings (SSSR count). The lowest BCUT2D eigenvalue weighted by Crippen LogP contribution is -2.50. The Morgan fingerprint density at radius 3 is 2.46 bits per heavy atom. The van der Waals surface area contributed by atoms with Gasteiger partial charge in [-0.3, -0.25) is 0 Å². The topological polar surface area (TPSA) is 42.0 Å². The Labute approximate surface area is 149 Å². The van der Waals surface area contributed by atoms with Crippen LogP contribution in [0, 0.1) is 0 Å². The van der Waals surface area contributed by atoms with E-state index >= 15 is 0 Å². The molecule has 0 aromatic heterocycles. The van der Waals surface area contributed by atoms with Crippen LogP contribution in [-0.2, 0) is 9.47 Å². The number of anilines is 1. The minimum absolute atomic E-state index is 0.246. The predicted octanol–water partition coefficient (Wildman–Crippen LogP) is 3.65. The molecule has 0 atom stereocenters. The molecule has 1 fully saturated rings. The lowest BCUT2D eigenvalue weighted by Gasteiger charge is -2.37. The Morgan fingerprint density at radius 2 is 1.88 bits per heavy atom. The number of piperazine rings is 1. The van der Waals surface area contributed by atoms with Crippen LogP contribution >= 0.6 is 12.6 Å². The van der Waals surface area contributed by atoms with Crippen molar-refractivity contribution in [1.29, 1.82) is 0 Å². The van der Waals surface area contributed by atoms with Crippen molar-refractivity contribution in [1.82, 2.24) is 4.90 Å². The van der Waals surface area contributed by atoms with Crippen molar-refractivity contribution in [3.8, 4) is 0 Å². The first-order valence-electron chi connectivity index (χ1n) is 8.06. The highest BCUT2D eigenvalue weighted by Crippen LogP contribution is 2.29. The van der Waals surface area contributed by atoms with Gasteiger partial charge in [-0.1, -0.05) is 6.07 Å². The molecule has 1 aromatic carbocycles. The minimum atomic E-state index is -0.466. The zero-order chi connectivity index (χ0) is 17.7. The molecule has 1 aliphatic heterocycles. The van der Waals surface area contributed by atoms with E-state index in [-0.39, 0.29) is 6.09 Å².